The number of esters is 1. The minimum absolute atomic E-state index is 0.300. The van der Waals surface area contributed by atoms with Crippen LogP contribution in [0.15, 0.2) is 34.7 Å². The van der Waals surface area contributed by atoms with Crippen LogP contribution < -0.4 is 0 Å². The monoisotopic (exact) mass is 382 g/mol. The van der Waals surface area contributed by atoms with Gasteiger partial charge in [0.15, 0.2) is 6.10 Å². The highest BCUT2D eigenvalue weighted by atomic mass is 32.1. The molecular formula is C21H22N2O3S. The SMILES string of the molecule is Cc1ccc(-c2nnc([C@H](C)OC(=O)c3cc4c(s3)CC[C@H](C)C4)o2)cc1. The number of ether oxygens (including phenoxy) is 1. The molecule has 1 aliphatic carbocycles. The first-order chi connectivity index (χ1) is 13.0. The van der Waals surface area contributed by atoms with Crippen LogP contribution in [0.2, 0.25) is 0 Å². The molecule has 4 rings (SSSR count). The van der Waals surface area contributed by atoms with Crippen LogP contribution in [0.1, 0.15) is 57.9 Å². The molecule has 0 saturated carbocycles. The molecule has 2 aromatic heterocycles. The highest BCUT2D eigenvalue weighted by molar-refractivity contribution is 7.14. The number of aromatic nitrogens is 2. The average Bonchev–Trinajstić information content (AvgIpc) is 3.29. The van der Waals surface area contributed by atoms with Gasteiger partial charge in [-0.2, -0.15) is 0 Å². The fourth-order valence-electron chi connectivity index (χ4n) is 3.29. The minimum Gasteiger partial charge on any atom is -0.448 e. The Morgan fingerprint density at radius 3 is 2.85 bits per heavy atom. The molecule has 0 bridgehead atoms. The van der Waals surface area contributed by atoms with E-state index in [1.165, 1.54) is 16.9 Å². The third-order valence-corrected chi connectivity index (χ3v) is 6.12. The summed E-state index contributed by atoms with van der Waals surface area (Å²) in [5, 5.41) is 8.12. The molecule has 0 radical (unpaired) electrons. The molecule has 0 fully saturated rings. The second-order valence-electron chi connectivity index (χ2n) is 7.27. The second-order valence-corrected chi connectivity index (χ2v) is 8.40. The van der Waals surface area contributed by atoms with Crippen molar-refractivity contribution in [3.05, 3.63) is 57.1 Å². The van der Waals surface area contributed by atoms with Crippen molar-refractivity contribution >= 4 is 17.3 Å². The van der Waals surface area contributed by atoms with Gasteiger partial charge in [0, 0.05) is 10.4 Å². The van der Waals surface area contributed by atoms with E-state index < -0.39 is 6.10 Å². The quantitative estimate of drug-likeness (QED) is 0.584. The zero-order valence-electron chi connectivity index (χ0n) is 15.7. The van der Waals surface area contributed by atoms with Crippen molar-refractivity contribution in [2.75, 3.05) is 0 Å². The zero-order valence-corrected chi connectivity index (χ0v) is 16.5. The summed E-state index contributed by atoms with van der Waals surface area (Å²) in [6, 6.07) is 9.82. The minimum atomic E-state index is -0.595. The average molecular weight is 382 g/mol. The summed E-state index contributed by atoms with van der Waals surface area (Å²) < 4.78 is 11.3. The first-order valence-electron chi connectivity index (χ1n) is 9.22. The Balaban J connectivity index is 1.45. The van der Waals surface area contributed by atoms with Crippen LogP contribution in [0.4, 0.5) is 0 Å². The Morgan fingerprint density at radius 1 is 1.30 bits per heavy atom. The van der Waals surface area contributed by atoms with Crippen LogP contribution in [0.3, 0.4) is 0 Å². The van der Waals surface area contributed by atoms with Crippen LogP contribution in [-0.2, 0) is 17.6 Å². The Kier molecular flexibility index (Phi) is 4.83. The van der Waals surface area contributed by atoms with Crippen molar-refractivity contribution in [3.63, 3.8) is 0 Å². The van der Waals surface area contributed by atoms with Crippen molar-refractivity contribution in [2.24, 2.45) is 5.92 Å². The van der Waals surface area contributed by atoms with Crippen molar-refractivity contribution in [1.82, 2.24) is 10.2 Å². The van der Waals surface area contributed by atoms with Crippen molar-refractivity contribution in [3.8, 4) is 11.5 Å². The number of benzene rings is 1. The summed E-state index contributed by atoms with van der Waals surface area (Å²) in [5.41, 5.74) is 3.30. The Morgan fingerprint density at radius 2 is 2.07 bits per heavy atom. The van der Waals surface area contributed by atoms with E-state index in [4.69, 9.17) is 9.15 Å². The van der Waals surface area contributed by atoms with Crippen molar-refractivity contribution < 1.29 is 13.9 Å². The third kappa shape index (κ3) is 3.81. The molecule has 5 nitrogen and oxygen atoms in total. The molecule has 0 aliphatic heterocycles. The van der Waals surface area contributed by atoms with Gasteiger partial charge >= 0.3 is 5.97 Å². The van der Waals surface area contributed by atoms with Gasteiger partial charge in [-0.1, -0.05) is 24.6 Å². The van der Waals surface area contributed by atoms with E-state index in [1.807, 2.05) is 37.3 Å². The highest BCUT2D eigenvalue weighted by Gasteiger charge is 2.24. The van der Waals surface area contributed by atoms with E-state index >= 15 is 0 Å². The summed E-state index contributed by atoms with van der Waals surface area (Å²) in [7, 11) is 0. The first-order valence-corrected chi connectivity index (χ1v) is 10.0. The normalized spacial score (nSPS) is 17.4. The van der Waals surface area contributed by atoms with Crippen molar-refractivity contribution in [2.45, 2.75) is 46.1 Å². The predicted molar refractivity (Wildman–Crippen MR) is 104 cm³/mol. The van der Waals surface area contributed by atoms with E-state index in [0.717, 1.165) is 24.0 Å². The number of nitrogens with zero attached hydrogens (tertiary/aromatic N) is 2. The maximum absolute atomic E-state index is 12.5. The molecule has 2 atom stereocenters. The lowest BCUT2D eigenvalue weighted by molar-refractivity contribution is 0.0285. The van der Waals surface area contributed by atoms with Crippen LogP contribution in [0.25, 0.3) is 11.5 Å². The number of fused-ring (bicyclic) bond motifs is 1. The lowest BCUT2D eigenvalue weighted by Gasteiger charge is -2.16. The first kappa shape index (κ1) is 17.9. The molecule has 6 heteroatoms. The fourth-order valence-corrected chi connectivity index (χ4v) is 4.38. The number of rotatable bonds is 4. The van der Waals surface area contributed by atoms with Gasteiger partial charge in [-0.15, -0.1) is 21.5 Å². The summed E-state index contributed by atoms with van der Waals surface area (Å²) in [4.78, 5) is 14.5. The molecular weight excluding hydrogens is 360 g/mol. The van der Waals surface area contributed by atoms with E-state index in [9.17, 15) is 4.79 Å². The van der Waals surface area contributed by atoms with Crippen molar-refractivity contribution in [1.29, 1.82) is 0 Å². The van der Waals surface area contributed by atoms with Gasteiger partial charge in [0.2, 0.25) is 5.89 Å². The Bertz CT molecular complexity index is 958. The van der Waals surface area contributed by atoms with E-state index in [2.05, 4.69) is 17.1 Å². The van der Waals surface area contributed by atoms with Crippen LogP contribution in [0, 0.1) is 12.8 Å². The number of hydrogen-bond donors (Lipinski definition) is 0. The molecule has 27 heavy (non-hydrogen) atoms. The van der Waals surface area contributed by atoms with Gasteiger partial charge in [-0.25, -0.2) is 4.79 Å². The third-order valence-electron chi connectivity index (χ3n) is 4.90. The maximum atomic E-state index is 12.5. The summed E-state index contributed by atoms with van der Waals surface area (Å²) in [6.45, 7) is 6.02. The molecule has 1 aromatic carbocycles. The number of carbonyl (C=O) groups excluding carboxylic acids is 1. The molecule has 2 heterocycles. The fraction of sp³-hybridized carbons (Fsp3) is 0.381. The van der Waals surface area contributed by atoms with E-state index in [-0.39, 0.29) is 5.97 Å². The standard InChI is InChI=1S/C21H22N2O3S/c1-12-4-7-15(8-5-12)20-23-22-19(26-20)14(3)25-21(24)18-11-16-10-13(2)6-9-17(16)27-18/h4-5,7-8,11,13-14H,6,9-10H2,1-3H3/t13-,14-/m0/s1. The highest BCUT2D eigenvalue weighted by Crippen LogP contribution is 2.33. The van der Waals surface area contributed by atoms with Crippen LogP contribution >= 0.6 is 11.3 Å². The van der Waals surface area contributed by atoms with Crippen LogP contribution in [0.5, 0.6) is 0 Å². The topological polar surface area (TPSA) is 65.2 Å². The number of carbonyl (C=O) groups is 1. The Labute approximate surface area is 162 Å². The molecule has 0 saturated heterocycles. The van der Waals surface area contributed by atoms with Gasteiger partial charge in [0.1, 0.15) is 4.88 Å². The lowest BCUT2D eigenvalue weighted by Crippen LogP contribution is -2.08. The number of thiophene rings is 1. The van der Waals surface area contributed by atoms with Gasteiger partial charge < -0.3 is 9.15 Å². The molecule has 0 unspecified atom stereocenters. The molecule has 1 aliphatic rings. The van der Waals surface area contributed by atoms with Gasteiger partial charge in [-0.05, 0) is 62.8 Å². The number of hydrogen-bond acceptors (Lipinski definition) is 6. The van der Waals surface area contributed by atoms with E-state index in [1.54, 1.807) is 18.3 Å². The Hall–Kier alpha value is -2.47. The lowest BCUT2D eigenvalue weighted by atomic mass is 9.90. The smallest absolute Gasteiger partial charge is 0.349 e. The molecule has 3 aromatic rings. The van der Waals surface area contributed by atoms with E-state index in [0.29, 0.717) is 22.6 Å². The van der Waals surface area contributed by atoms with Gasteiger partial charge in [-0.3, -0.25) is 0 Å². The molecule has 0 spiro atoms. The molecule has 140 valence electrons. The van der Waals surface area contributed by atoms with Crippen LogP contribution in [-0.4, -0.2) is 16.2 Å². The molecule has 0 N–H and O–H groups in total. The second kappa shape index (κ2) is 7.27. The summed E-state index contributed by atoms with van der Waals surface area (Å²) in [5.74, 6) is 1.07. The summed E-state index contributed by atoms with van der Waals surface area (Å²) in [6.07, 6.45) is 2.68. The maximum Gasteiger partial charge on any atom is 0.349 e. The predicted octanol–water partition coefficient (Wildman–Crippen LogP) is 5.15. The largest absolute Gasteiger partial charge is 0.448 e. The summed E-state index contributed by atoms with van der Waals surface area (Å²) >= 11 is 1.54. The van der Waals surface area contributed by atoms with Gasteiger partial charge in [0.25, 0.3) is 5.89 Å². The molecule has 0 amide bonds. The zero-order chi connectivity index (χ0) is 19.0. The number of aryl methyl sites for hydroxylation is 2. The van der Waals surface area contributed by atoms with Gasteiger partial charge in [0.05, 0.1) is 0 Å².